The van der Waals surface area contributed by atoms with Gasteiger partial charge in [-0.3, -0.25) is 5.32 Å². The van der Waals surface area contributed by atoms with Crippen LogP contribution in [-0.2, 0) is 0 Å². The lowest BCUT2D eigenvalue weighted by Crippen LogP contribution is -2.39. The van der Waals surface area contributed by atoms with E-state index in [0.717, 1.165) is 67.2 Å². The number of nitrogens with zero attached hydrogens (tertiary/aromatic N) is 1. The molecule has 2 atom stereocenters. The molecule has 7 aromatic carbocycles. The third kappa shape index (κ3) is 6.65. The number of hydrogen-bond acceptors (Lipinski definition) is 3. The van der Waals surface area contributed by atoms with E-state index >= 15 is 0 Å². The van der Waals surface area contributed by atoms with Crippen molar-refractivity contribution in [3.63, 3.8) is 0 Å². The summed E-state index contributed by atoms with van der Waals surface area (Å²) in [4.78, 5) is 5.62. The Balaban J connectivity index is 1.32. The Morgan fingerprint density at radius 1 is 0.352 bits per heavy atom. The number of pyridine rings is 1. The molecule has 0 spiro atoms. The number of hydrogen-bond donors (Lipinski definition) is 2. The van der Waals surface area contributed by atoms with Crippen LogP contribution in [0.1, 0.15) is 28.9 Å². The van der Waals surface area contributed by atoms with E-state index in [1.807, 2.05) is 0 Å². The predicted molar refractivity (Wildman–Crippen MR) is 224 cm³/mol. The van der Waals surface area contributed by atoms with E-state index in [0.29, 0.717) is 0 Å². The highest BCUT2D eigenvalue weighted by molar-refractivity contribution is 6.05. The Labute approximate surface area is 317 Å². The predicted octanol–water partition coefficient (Wildman–Crippen LogP) is 12.4. The van der Waals surface area contributed by atoms with Crippen molar-refractivity contribution in [3.05, 3.63) is 229 Å². The average molecular weight is 694 g/mol. The van der Waals surface area contributed by atoms with E-state index < -0.39 is 0 Å². The molecule has 1 aliphatic rings. The minimum atomic E-state index is -0.0740. The molecule has 0 radical (unpaired) electrons. The molecule has 1 aliphatic heterocycles. The van der Waals surface area contributed by atoms with Crippen LogP contribution >= 0.6 is 0 Å². The Bertz CT molecular complexity index is 2420. The first-order chi connectivity index (χ1) is 26.8. The van der Waals surface area contributed by atoms with Crippen molar-refractivity contribution in [1.29, 1.82) is 0 Å². The Morgan fingerprint density at radius 3 is 1.26 bits per heavy atom. The van der Waals surface area contributed by atoms with Gasteiger partial charge in [0.05, 0.1) is 17.4 Å². The third-order valence-corrected chi connectivity index (χ3v) is 10.1. The smallest absolute Gasteiger partial charge is 0.104 e. The zero-order valence-corrected chi connectivity index (χ0v) is 29.8. The molecule has 8 aromatic rings. The quantitative estimate of drug-likeness (QED) is 0.166. The second-order valence-electron chi connectivity index (χ2n) is 13.6. The van der Waals surface area contributed by atoms with Gasteiger partial charge in [-0.05, 0) is 45.5 Å². The van der Waals surface area contributed by atoms with Crippen LogP contribution in [0.3, 0.4) is 0 Å². The lowest BCUT2D eigenvalue weighted by atomic mass is 9.83. The monoisotopic (exact) mass is 693 g/mol. The Hall–Kier alpha value is -6.81. The second-order valence-corrected chi connectivity index (χ2v) is 13.6. The van der Waals surface area contributed by atoms with Gasteiger partial charge in [-0.2, -0.15) is 0 Å². The van der Waals surface area contributed by atoms with Gasteiger partial charge in [0.15, 0.2) is 0 Å². The summed E-state index contributed by atoms with van der Waals surface area (Å²) in [5.74, 6) is 0. The Morgan fingerprint density at radius 2 is 0.759 bits per heavy atom. The van der Waals surface area contributed by atoms with Crippen LogP contribution in [0.25, 0.3) is 61.6 Å². The van der Waals surface area contributed by atoms with Gasteiger partial charge in [0.1, 0.15) is 6.17 Å². The molecule has 0 aliphatic carbocycles. The molecular formula is C51H39N3. The summed E-state index contributed by atoms with van der Waals surface area (Å²) in [6.45, 7) is 0. The topological polar surface area (TPSA) is 37.0 Å². The number of nitrogens with one attached hydrogen (secondary N) is 2. The number of aromatic nitrogens is 1. The van der Waals surface area contributed by atoms with Crippen molar-refractivity contribution >= 4 is 5.70 Å². The lowest BCUT2D eigenvalue weighted by Gasteiger charge is -2.33. The van der Waals surface area contributed by atoms with Crippen molar-refractivity contribution < 1.29 is 0 Å². The first-order valence-electron chi connectivity index (χ1n) is 18.5. The molecule has 2 N–H and O–H groups in total. The molecule has 0 bridgehead atoms. The zero-order chi connectivity index (χ0) is 36.1. The highest BCUT2D eigenvalue weighted by atomic mass is 15.2. The lowest BCUT2D eigenvalue weighted by molar-refractivity contribution is 0.442. The number of benzene rings is 7. The molecule has 0 fully saturated rings. The summed E-state index contributed by atoms with van der Waals surface area (Å²) in [6.07, 6.45) is 2.25. The van der Waals surface area contributed by atoms with E-state index in [2.05, 4.69) is 223 Å². The molecular weight excluding hydrogens is 655 g/mol. The van der Waals surface area contributed by atoms with Gasteiger partial charge in [-0.25, -0.2) is 4.98 Å². The molecule has 3 heteroatoms. The molecule has 2 heterocycles. The fourth-order valence-electron chi connectivity index (χ4n) is 7.59. The minimum Gasteiger partial charge on any atom is -0.366 e. The van der Waals surface area contributed by atoms with Crippen LogP contribution in [0.2, 0.25) is 0 Å². The molecule has 3 nitrogen and oxygen atoms in total. The van der Waals surface area contributed by atoms with Gasteiger partial charge in [-0.1, -0.05) is 200 Å². The molecule has 1 aromatic heterocycles. The molecule has 0 saturated heterocycles. The van der Waals surface area contributed by atoms with Gasteiger partial charge in [0.25, 0.3) is 0 Å². The first kappa shape index (κ1) is 33.1. The second kappa shape index (κ2) is 15.0. The van der Waals surface area contributed by atoms with Crippen molar-refractivity contribution in [3.8, 4) is 55.9 Å². The minimum absolute atomic E-state index is 0.0198. The molecule has 9 rings (SSSR count). The largest absolute Gasteiger partial charge is 0.366 e. The van der Waals surface area contributed by atoms with E-state index in [4.69, 9.17) is 4.98 Å². The summed E-state index contributed by atoms with van der Waals surface area (Å²) in [5.41, 5.74) is 15.4. The van der Waals surface area contributed by atoms with E-state index in [1.165, 1.54) is 11.1 Å². The SMILES string of the molecule is C1=C(c2cccc(-c3c(-c4ccccc4)c(-c4ccccc4)nc(-c4ccccc4)c3-c3ccccc3)c2)NC(c2ccccc2)NC1c1ccccc1. The van der Waals surface area contributed by atoms with Crippen LogP contribution in [0, 0.1) is 0 Å². The van der Waals surface area contributed by atoms with Gasteiger partial charge in [0.2, 0.25) is 0 Å². The van der Waals surface area contributed by atoms with Crippen LogP contribution in [0.15, 0.2) is 212 Å². The van der Waals surface area contributed by atoms with Crippen molar-refractivity contribution in [2.24, 2.45) is 0 Å². The van der Waals surface area contributed by atoms with Crippen molar-refractivity contribution in [1.82, 2.24) is 15.6 Å². The number of rotatable bonds is 8. The summed E-state index contributed by atoms with van der Waals surface area (Å²) in [7, 11) is 0. The molecule has 54 heavy (non-hydrogen) atoms. The third-order valence-electron chi connectivity index (χ3n) is 10.1. The van der Waals surface area contributed by atoms with E-state index in [1.54, 1.807) is 0 Å². The van der Waals surface area contributed by atoms with Crippen molar-refractivity contribution in [2.75, 3.05) is 0 Å². The van der Waals surface area contributed by atoms with Crippen LogP contribution in [0.4, 0.5) is 0 Å². The normalized spacial score (nSPS) is 15.2. The maximum Gasteiger partial charge on any atom is 0.104 e. The fraction of sp³-hybridized carbons (Fsp3) is 0.0392. The van der Waals surface area contributed by atoms with E-state index in [-0.39, 0.29) is 12.2 Å². The van der Waals surface area contributed by atoms with Crippen LogP contribution in [0.5, 0.6) is 0 Å². The molecule has 0 saturated carbocycles. The summed E-state index contributed by atoms with van der Waals surface area (Å²) < 4.78 is 0. The highest BCUT2D eigenvalue weighted by Crippen LogP contribution is 2.49. The van der Waals surface area contributed by atoms with Crippen LogP contribution in [-0.4, -0.2) is 4.98 Å². The Kier molecular flexibility index (Phi) is 9.21. The maximum absolute atomic E-state index is 5.62. The highest BCUT2D eigenvalue weighted by Gasteiger charge is 2.27. The van der Waals surface area contributed by atoms with Gasteiger partial charge in [0, 0.05) is 33.5 Å². The van der Waals surface area contributed by atoms with Gasteiger partial charge in [-0.15, -0.1) is 0 Å². The first-order valence-corrected chi connectivity index (χ1v) is 18.5. The van der Waals surface area contributed by atoms with E-state index in [9.17, 15) is 0 Å². The fourth-order valence-corrected chi connectivity index (χ4v) is 7.59. The average Bonchev–Trinajstić information content (AvgIpc) is 3.27. The molecule has 258 valence electrons. The molecule has 2 unspecified atom stereocenters. The van der Waals surface area contributed by atoms with Gasteiger partial charge >= 0.3 is 0 Å². The molecule has 0 amide bonds. The summed E-state index contributed by atoms with van der Waals surface area (Å²) >= 11 is 0. The maximum atomic E-state index is 5.62. The summed E-state index contributed by atoms with van der Waals surface area (Å²) in [6, 6.07) is 73.0. The van der Waals surface area contributed by atoms with Gasteiger partial charge < -0.3 is 5.32 Å². The summed E-state index contributed by atoms with van der Waals surface area (Å²) in [5, 5.41) is 7.72. The van der Waals surface area contributed by atoms with Crippen molar-refractivity contribution in [2.45, 2.75) is 12.2 Å². The standard InChI is InChI=1S/C51H39N3/c1-7-20-36(21-8-1)44-35-45(53-51(52-44)41-30-17-6-18-31-41)42-32-19-33-43(34-42)46-47(37-22-9-2-10-23-37)49(39-26-13-4-14-27-39)54-50(40-28-15-5-16-29-40)48(46)38-24-11-3-12-25-38/h1-35,44,51-53H. The van der Waals surface area contributed by atoms with Crippen LogP contribution < -0.4 is 10.6 Å². The zero-order valence-electron chi connectivity index (χ0n) is 29.8.